The lowest BCUT2D eigenvalue weighted by Crippen LogP contribution is -2.31. The van der Waals surface area contributed by atoms with Crippen molar-refractivity contribution >= 4 is 12.1 Å². The summed E-state index contributed by atoms with van der Waals surface area (Å²) in [5.41, 5.74) is 1.23. The van der Waals surface area contributed by atoms with Crippen molar-refractivity contribution in [3.05, 3.63) is 42.0 Å². The second-order valence-electron chi connectivity index (χ2n) is 11.8. The maximum Gasteiger partial charge on any atom is 0.407 e. The molecule has 0 spiro atoms. The first-order valence-corrected chi connectivity index (χ1v) is 17.1. The van der Waals surface area contributed by atoms with Crippen LogP contribution in [0.4, 0.5) is 4.79 Å². The molecule has 0 unspecified atom stereocenters. The summed E-state index contributed by atoms with van der Waals surface area (Å²) in [5.74, 6) is 1.12. The first-order chi connectivity index (χ1) is 20.6. The number of rotatable bonds is 23. The lowest BCUT2D eigenvalue weighted by Gasteiger charge is -2.31. The van der Waals surface area contributed by atoms with E-state index in [4.69, 9.17) is 14.2 Å². The highest BCUT2D eigenvalue weighted by Gasteiger charge is 2.28. The number of carbonyl (C=O) groups is 2. The van der Waals surface area contributed by atoms with Crippen LogP contribution in [0.2, 0.25) is 0 Å². The average molecular weight is 586 g/mol. The number of ether oxygens (including phenoxy) is 3. The van der Waals surface area contributed by atoms with E-state index in [-0.39, 0.29) is 12.1 Å². The monoisotopic (exact) mass is 585 g/mol. The molecule has 1 aromatic carbocycles. The van der Waals surface area contributed by atoms with E-state index >= 15 is 0 Å². The second kappa shape index (κ2) is 24.0. The summed E-state index contributed by atoms with van der Waals surface area (Å²) >= 11 is 0. The van der Waals surface area contributed by atoms with Crippen molar-refractivity contribution in [1.29, 1.82) is 0 Å². The van der Waals surface area contributed by atoms with Crippen molar-refractivity contribution in [3.8, 4) is 5.75 Å². The zero-order valence-electron chi connectivity index (χ0n) is 26.7. The molecule has 6 heteroatoms. The molecule has 0 radical (unpaired) electrons. The van der Waals surface area contributed by atoms with E-state index in [1.165, 1.54) is 82.6 Å². The summed E-state index contributed by atoms with van der Waals surface area (Å²) in [5, 5.41) is 2.65. The van der Waals surface area contributed by atoms with Crippen LogP contribution >= 0.6 is 0 Å². The zero-order chi connectivity index (χ0) is 30.1. The standard InChI is InChI=1S/C36H59NO5/c1-3-5-6-7-8-9-10-11-12-13-14-15-16-17-18-23-35(38)42-34-22-20-19-21-32(34)30-31-24-26-33(27-25-31)41-29-28-37-36(39)40-4-2/h11-12,24-27,32,34H,3-10,13-23,28-30H2,1-2H3,(H,37,39)/b12-11-/t32-,34-/m0/s1. The molecular formula is C36H59NO5. The Morgan fingerprint density at radius 3 is 2.17 bits per heavy atom. The van der Waals surface area contributed by atoms with Crippen molar-refractivity contribution in [2.24, 2.45) is 5.92 Å². The third kappa shape index (κ3) is 17.5. The molecule has 1 amide bonds. The molecular weight excluding hydrogens is 526 g/mol. The van der Waals surface area contributed by atoms with Crippen molar-refractivity contribution < 1.29 is 23.8 Å². The number of hydrogen-bond acceptors (Lipinski definition) is 5. The molecule has 0 bridgehead atoms. The summed E-state index contributed by atoms with van der Waals surface area (Å²) < 4.78 is 16.6. The highest BCUT2D eigenvalue weighted by Crippen LogP contribution is 2.30. The van der Waals surface area contributed by atoms with Crippen LogP contribution in [-0.2, 0) is 20.7 Å². The predicted molar refractivity (Wildman–Crippen MR) is 172 cm³/mol. The summed E-state index contributed by atoms with van der Waals surface area (Å²) in [6, 6.07) is 8.12. The average Bonchev–Trinajstić information content (AvgIpc) is 2.99. The van der Waals surface area contributed by atoms with Gasteiger partial charge in [-0.15, -0.1) is 0 Å². The number of unbranched alkanes of at least 4 members (excludes halogenated alkanes) is 11. The molecule has 0 aliphatic heterocycles. The lowest BCUT2D eigenvalue weighted by atomic mass is 9.82. The predicted octanol–water partition coefficient (Wildman–Crippen LogP) is 9.49. The summed E-state index contributed by atoms with van der Waals surface area (Å²) in [7, 11) is 0. The van der Waals surface area contributed by atoms with Crippen molar-refractivity contribution in [3.63, 3.8) is 0 Å². The third-order valence-electron chi connectivity index (χ3n) is 8.10. The Hall–Kier alpha value is -2.50. The highest BCUT2D eigenvalue weighted by atomic mass is 16.5. The minimum atomic E-state index is -0.424. The molecule has 1 aliphatic carbocycles. The maximum absolute atomic E-state index is 12.6. The van der Waals surface area contributed by atoms with Gasteiger partial charge in [0.1, 0.15) is 18.5 Å². The Morgan fingerprint density at radius 1 is 0.833 bits per heavy atom. The van der Waals surface area contributed by atoms with Crippen LogP contribution in [0, 0.1) is 5.92 Å². The number of carbonyl (C=O) groups excluding carboxylic acids is 2. The Morgan fingerprint density at radius 2 is 1.48 bits per heavy atom. The molecule has 1 fully saturated rings. The second-order valence-corrected chi connectivity index (χ2v) is 11.8. The molecule has 6 nitrogen and oxygen atoms in total. The fraction of sp³-hybridized carbons (Fsp3) is 0.722. The van der Waals surface area contributed by atoms with Crippen LogP contribution in [0.15, 0.2) is 36.4 Å². The highest BCUT2D eigenvalue weighted by molar-refractivity contribution is 5.69. The molecule has 1 N–H and O–H groups in total. The van der Waals surface area contributed by atoms with Gasteiger partial charge in [-0.3, -0.25) is 4.79 Å². The number of esters is 1. The first-order valence-electron chi connectivity index (χ1n) is 17.1. The molecule has 0 aromatic heterocycles. The number of nitrogens with one attached hydrogen (secondary N) is 1. The van der Waals surface area contributed by atoms with Gasteiger partial charge >= 0.3 is 12.1 Å². The molecule has 1 aliphatic rings. The van der Waals surface area contributed by atoms with Crippen LogP contribution in [-0.4, -0.2) is 37.9 Å². The van der Waals surface area contributed by atoms with Gasteiger partial charge in [-0.2, -0.15) is 0 Å². The zero-order valence-corrected chi connectivity index (χ0v) is 26.7. The van der Waals surface area contributed by atoms with Crippen LogP contribution in [0.1, 0.15) is 135 Å². The van der Waals surface area contributed by atoms with Gasteiger partial charge in [-0.25, -0.2) is 4.79 Å². The molecule has 1 saturated carbocycles. The number of benzene rings is 1. The van der Waals surface area contributed by atoms with Crippen molar-refractivity contribution in [2.75, 3.05) is 19.8 Å². The summed E-state index contributed by atoms with van der Waals surface area (Å²) in [4.78, 5) is 23.9. The van der Waals surface area contributed by atoms with Crippen molar-refractivity contribution in [2.45, 2.75) is 142 Å². The molecule has 0 heterocycles. The van der Waals surface area contributed by atoms with E-state index in [0.717, 1.165) is 44.3 Å². The quantitative estimate of drug-likeness (QED) is 0.0786. The first kappa shape index (κ1) is 35.7. The van der Waals surface area contributed by atoms with Gasteiger partial charge in [0.2, 0.25) is 0 Å². The van der Waals surface area contributed by atoms with Crippen molar-refractivity contribution in [1.82, 2.24) is 5.32 Å². The minimum Gasteiger partial charge on any atom is -0.492 e. The fourth-order valence-electron chi connectivity index (χ4n) is 5.66. The summed E-state index contributed by atoms with van der Waals surface area (Å²) in [6.07, 6.45) is 26.5. The minimum absolute atomic E-state index is 0.0234. The Bertz CT molecular complexity index is 853. The van der Waals surface area contributed by atoms with Crippen LogP contribution in [0.25, 0.3) is 0 Å². The maximum atomic E-state index is 12.6. The summed E-state index contributed by atoms with van der Waals surface area (Å²) in [6.45, 7) is 5.18. The molecule has 1 aromatic rings. The van der Waals surface area contributed by atoms with E-state index in [1.807, 2.05) is 12.1 Å². The largest absolute Gasteiger partial charge is 0.492 e. The molecule has 0 saturated heterocycles. The van der Waals surface area contributed by atoms with Gasteiger partial charge < -0.3 is 19.5 Å². The smallest absolute Gasteiger partial charge is 0.407 e. The van der Waals surface area contributed by atoms with E-state index in [0.29, 0.717) is 32.1 Å². The van der Waals surface area contributed by atoms with Gasteiger partial charge in [0.25, 0.3) is 0 Å². The van der Waals surface area contributed by atoms with Gasteiger partial charge in [0.15, 0.2) is 0 Å². The van der Waals surface area contributed by atoms with Gasteiger partial charge in [-0.1, -0.05) is 89.0 Å². The van der Waals surface area contributed by atoms with Crippen LogP contribution in [0.3, 0.4) is 0 Å². The molecule has 42 heavy (non-hydrogen) atoms. The number of hydrogen-bond donors (Lipinski definition) is 1. The lowest BCUT2D eigenvalue weighted by molar-refractivity contribution is -0.153. The normalized spacial score (nSPS) is 16.8. The van der Waals surface area contributed by atoms with Crippen LogP contribution in [0.5, 0.6) is 5.75 Å². The Labute approximate surface area is 256 Å². The third-order valence-corrected chi connectivity index (χ3v) is 8.10. The number of allylic oxidation sites excluding steroid dienone is 2. The topological polar surface area (TPSA) is 73.9 Å². The van der Waals surface area contributed by atoms with Gasteiger partial charge in [-0.05, 0) is 88.3 Å². The molecule has 238 valence electrons. The fourth-order valence-corrected chi connectivity index (χ4v) is 5.66. The Balaban J connectivity index is 1.54. The number of alkyl carbamates (subject to hydrolysis) is 1. The van der Waals surface area contributed by atoms with E-state index in [1.54, 1.807) is 6.92 Å². The van der Waals surface area contributed by atoms with E-state index in [2.05, 4.69) is 36.5 Å². The van der Waals surface area contributed by atoms with E-state index in [9.17, 15) is 9.59 Å². The molecule has 2 rings (SSSR count). The van der Waals surface area contributed by atoms with Crippen LogP contribution < -0.4 is 10.1 Å². The molecule has 2 atom stereocenters. The Kier molecular flexibility index (Phi) is 20.4. The number of amides is 1. The SMILES string of the molecule is CCCCCCCC/C=C\CCCCCCCC(=O)O[C@H]1CCCC[C@H]1Cc1ccc(OCCNC(=O)OCC)cc1. The van der Waals surface area contributed by atoms with Gasteiger partial charge in [0, 0.05) is 6.42 Å². The van der Waals surface area contributed by atoms with E-state index < -0.39 is 6.09 Å². The van der Waals surface area contributed by atoms with Gasteiger partial charge in [0.05, 0.1) is 13.2 Å².